The van der Waals surface area contributed by atoms with Gasteiger partial charge in [-0.15, -0.1) is 0 Å². The molecule has 2 rings (SSSR count). The molecule has 0 saturated heterocycles. The van der Waals surface area contributed by atoms with Crippen LogP contribution in [0.5, 0.6) is 11.5 Å². The molecule has 0 aliphatic rings. The van der Waals surface area contributed by atoms with E-state index in [4.69, 9.17) is 9.47 Å². The minimum atomic E-state index is -0.733. The molecule has 6 nitrogen and oxygen atoms in total. The minimum Gasteiger partial charge on any atom is -0.493 e. The Hall–Kier alpha value is -3.15. The van der Waals surface area contributed by atoms with Crippen LogP contribution in [0.15, 0.2) is 42.5 Å². The fraction of sp³-hybridized carbons (Fsp3) is 0.118. The van der Waals surface area contributed by atoms with Gasteiger partial charge >= 0.3 is 6.09 Å². The van der Waals surface area contributed by atoms with Crippen molar-refractivity contribution in [3.63, 3.8) is 0 Å². The highest BCUT2D eigenvalue weighted by Crippen LogP contribution is 2.28. The lowest BCUT2D eigenvalue weighted by Crippen LogP contribution is -2.17. The van der Waals surface area contributed by atoms with Gasteiger partial charge in [-0.2, -0.15) is 0 Å². The topological polar surface area (TPSA) is 81.7 Å². The van der Waals surface area contributed by atoms with E-state index in [0.717, 1.165) is 0 Å². The van der Waals surface area contributed by atoms with Gasteiger partial charge in [-0.25, -0.2) is 4.79 Å². The average Bonchev–Trinajstić information content (AvgIpc) is 2.55. The number of hydrogen-bond donors (Lipinski definition) is 1. The number of anilines is 1. The average molecular weight is 313 g/mol. The van der Waals surface area contributed by atoms with Crippen LogP contribution in [0, 0.1) is 0 Å². The van der Waals surface area contributed by atoms with Crippen molar-refractivity contribution < 1.29 is 23.9 Å². The normalized spacial score (nSPS) is 9.83. The van der Waals surface area contributed by atoms with Gasteiger partial charge in [0, 0.05) is 16.8 Å². The Morgan fingerprint density at radius 1 is 1.09 bits per heavy atom. The van der Waals surface area contributed by atoms with Crippen molar-refractivity contribution in [2.75, 3.05) is 12.4 Å². The van der Waals surface area contributed by atoms with Crippen molar-refractivity contribution in [2.24, 2.45) is 0 Å². The van der Waals surface area contributed by atoms with Gasteiger partial charge in [0.25, 0.3) is 0 Å². The van der Waals surface area contributed by atoms with Crippen LogP contribution in [-0.4, -0.2) is 25.3 Å². The quantitative estimate of drug-likeness (QED) is 0.676. The molecule has 1 N–H and O–H groups in total. The second kappa shape index (κ2) is 7.22. The molecule has 0 aliphatic heterocycles. The molecule has 1 amide bonds. The van der Waals surface area contributed by atoms with E-state index in [1.807, 2.05) is 0 Å². The molecule has 0 bridgehead atoms. The van der Waals surface area contributed by atoms with Crippen LogP contribution in [0.4, 0.5) is 10.5 Å². The number of benzene rings is 2. The highest BCUT2D eigenvalue weighted by atomic mass is 16.6. The predicted octanol–water partition coefficient (Wildman–Crippen LogP) is 3.32. The zero-order valence-corrected chi connectivity index (χ0v) is 12.7. The highest BCUT2D eigenvalue weighted by Gasteiger charge is 2.11. The second-order valence-corrected chi connectivity index (χ2v) is 4.68. The summed E-state index contributed by atoms with van der Waals surface area (Å²) in [6.45, 7) is 1.44. The number of carbonyl (C=O) groups is 3. The monoisotopic (exact) mass is 313 g/mol. The SMILES string of the molecule is COc1cc(C=O)ccc1OC(=O)Nc1cccc(C(C)=O)c1. The highest BCUT2D eigenvalue weighted by molar-refractivity contribution is 5.96. The Kier molecular flexibility index (Phi) is 5.09. The number of Topliss-reactive ketones (excluding diaryl/α,β-unsaturated/α-hetero) is 1. The van der Waals surface area contributed by atoms with Crippen LogP contribution >= 0.6 is 0 Å². The summed E-state index contributed by atoms with van der Waals surface area (Å²) in [7, 11) is 1.41. The lowest BCUT2D eigenvalue weighted by molar-refractivity contribution is 0.101. The van der Waals surface area contributed by atoms with Gasteiger partial charge < -0.3 is 9.47 Å². The van der Waals surface area contributed by atoms with Gasteiger partial charge in [0.1, 0.15) is 6.29 Å². The van der Waals surface area contributed by atoms with E-state index in [2.05, 4.69) is 5.32 Å². The number of hydrogen-bond acceptors (Lipinski definition) is 5. The van der Waals surface area contributed by atoms with Gasteiger partial charge in [0.2, 0.25) is 0 Å². The maximum atomic E-state index is 11.9. The van der Waals surface area contributed by atoms with E-state index < -0.39 is 6.09 Å². The Bertz CT molecular complexity index is 754. The van der Waals surface area contributed by atoms with Gasteiger partial charge in [-0.1, -0.05) is 12.1 Å². The summed E-state index contributed by atoms with van der Waals surface area (Å²) in [5.41, 5.74) is 1.32. The molecule has 0 aromatic heterocycles. The Balaban J connectivity index is 2.12. The van der Waals surface area contributed by atoms with Crippen molar-refractivity contribution >= 4 is 23.9 Å². The number of nitrogens with one attached hydrogen (secondary N) is 1. The summed E-state index contributed by atoms with van der Waals surface area (Å²) in [6, 6.07) is 10.9. The first-order valence-electron chi connectivity index (χ1n) is 6.76. The van der Waals surface area contributed by atoms with Crippen LogP contribution in [0.1, 0.15) is 27.6 Å². The fourth-order valence-corrected chi connectivity index (χ4v) is 1.90. The molecule has 0 unspecified atom stereocenters. The third kappa shape index (κ3) is 4.16. The molecule has 6 heteroatoms. The van der Waals surface area contributed by atoms with E-state index in [9.17, 15) is 14.4 Å². The molecule has 0 spiro atoms. The molecule has 0 heterocycles. The summed E-state index contributed by atoms with van der Waals surface area (Å²) in [6.07, 6.45) is -0.0672. The van der Waals surface area contributed by atoms with Crippen LogP contribution in [0.25, 0.3) is 0 Å². The van der Waals surface area contributed by atoms with Gasteiger partial charge in [0.15, 0.2) is 17.3 Å². The summed E-state index contributed by atoms with van der Waals surface area (Å²) in [5.74, 6) is 0.341. The molecule has 23 heavy (non-hydrogen) atoms. The Morgan fingerprint density at radius 2 is 1.87 bits per heavy atom. The van der Waals surface area contributed by atoms with Crippen molar-refractivity contribution in [3.05, 3.63) is 53.6 Å². The number of ether oxygens (including phenoxy) is 2. The lowest BCUT2D eigenvalue weighted by Gasteiger charge is -2.10. The third-order valence-electron chi connectivity index (χ3n) is 3.04. The van der Waals surface area contributed by atoms with Crippen LogP contribution in [0.2, 0.25) is 0 Å². The molecule has 0 radical (unpaired) electrons. The van der Waals surface area contributed by atoms with Crippen LogP contribution in [0.3, 0.4) is 0 Å². The van der Waals surface area contributed by atoms with E-state index in [1.165, 1.54) is 32.2 Å². The molecular formula is C17H15NO5. The molecule has 0 fully saturated rings. The first-order valence-corrected chi connectivity index (χ1v) is 6.76. The standard InChI is InChI=1S/C17H15NO5/c1-11(20)13-4-3-5-14(9-13)18-17(21)23-15-7-6-12(10-19)8-16(15)22-2/h3-10H,1-2H3,(H,18,21). The zero-order valence-electron chi connectivity index (χ0n) is 12.7. The third-order valence-corrected chi connectivity index (χ3v) is 3.04. The Morgan fingerprint density at radius 3 is 2.52 bits per heavy atom. The molecule has 0 aliphatic carbocycles. The molecule has 0 atom stereocenters. The number of carbonyl (C=O) groups excluding carboxylic acids is 3. The van der Waals surface area contributed by atoms with Crippen molar-refractivity contribution in [3.8, 4) is 11.5 Å². The largest absolute Gasteiger partial charge is 0.493 e. The number of aldehydes is 1. The minimum absolute atomic E-state index is 0.104. The van der Waals surface area contributed by atoms with E-state index >= 15 is 0 Å². The lowest BCUT2D eigenvalue weighted by atomic mass is 10.1. The number of rotatable bonds is 5. The maximum absolute atomic E-state index is 11.9. The summed E-state index contributed by atoms with van der Waals surface area (Å²) < 4.78 is 10.2. The number of methoxy groups -OCH3 is 1. The van der Waals surface area contributed by atoms with Crippen LogP contribution in [-0.2, 0) is 0 Å². The van der Waals surface area contributed by atoms with E-state index in [-0.39, 0.29) is 17.3 Å². The van der Waals surface area contributed by atoms with E-state index in [1.54, 1.807) is 24.3 Å². The van der Waals surface area contributed by atoms with Crippen molar-refractivity contribution in [1.29, 1.82) is 0 Å². The van der Waals surface area contributed by atoms with Crippen molar-refractivity contribution in [2.45, 2.75) is 6.92 Å². The molecular weight excluding hydrogens is 298 g/mol. The molecule has 2 aromatic rings. The summed E-state index contributed by atoms with van der Waals surface area (Å²) >= 11 is 0. The summed E-state index contributed by atoms with van der Waals surface area (Å²) in [4.78, 5) is 34.0. The number of ketones is 1. The summed E-state index contributed by atoms with van der Waals surface area (Å²) in [5, 5.41) is 2.53. The number of amides is 1. The van der Waals surface area contributed by atoms with E-state index in [0.29, 0.717) is 23.1 Å². The first kappa shape index (κ1) is 16.2. The molecule has 2 aromatic carbocycles. The fourth-order valence-electron chi connectivity index (χ4n) is 1.90. The zero-order chi connectivity index (χ0) is 16.8. The Labute approximate surface area is 133 Å². The maximum Gasteiger partial charge on any atom is 0.417 e. The molecule has 118 valence electrons. The smallest absolute Gasteiger partial charge is 0.417 e. The van der Waals surface area contributed by atoms with Crippen molar-refractivity contribution in [1.82, 2.24) is 0 Å². The van der Waals surface area contributed by atoms with Crippen LogP contribution < -0.4 is 14.8 Å². The predicted molar refractivity (Wildman–Crippen MR) is 84.5 cm³/mol. The van der Waals surface area contributed by atoms with Gasteiger partial charge in [0.05, 0.1) is 7.11 Å². The first-order chi connectivity index (χ1) is 11.0. The molecule has 0 saturated carbocycles. The van der Waals surface area contributed by atoms with Gasteiger partial charge in [-0.3, -0.25) is 14.9 Å². The second-order valence-electron chi connectivity index (χ2n) is 4.68. The van der Waals surface area contributed by atoms with Gasteiger partial charge in [-0.05, 0) is 37.3 Å².